The van der Waals surface area contributed by atoms with Gasteiger partial charge in [0.15, 0.2) is 0 Å². The van der Waals surface area contributed by atoms with Crippen molar-refractivity contribution < 1.29 is 4.39 Å². The zero-order valence-electron chi connectivity index (χ0n) is 11.7. The fraction of sp³-hybridized carbons (Fsp3) is 0.118. The molecule has 0 saturated heterocycles. The summed E-state index contributed by atoms with van der Waals surface area (Å²) in [6, 6.07) is 14.2. The van der Waals surface area contributed by atoms with Crippen LogP contribution in [0.2, 0.25) is 5.02 Å². The average Bonchev–Trinajstić information content (AvgIpc) is 3.11. The second kappa shape index (κ2) is 5.14. The van der Waals surface area contributed by atoms with E-state index in [0.29, 0.717) is 16.3 Å². The van der Waals surface area contributed by atoms with E-state index >= 15 is 0 Å². The summed E-state index contributed by atoms with van der Waals surface area (Å²) in [6.45, 7) is 0.819. The highest BCUT2D eigenvalue weighted by atomic mass is 35.5. The van der Waals surface area contributed by atoms with Gasteiger partial charge in [0.1, 0.15) is 17.3 Å². The molecule has 0 amide bonds. The molecule has 1 aliphatic rings. The number of para-hydroxylation sites is 1. The Kier molecular flexibility index (Phi) is 3.12. The molecule has 0 spiro atoms. The van der Waals surface area contributed by atoms with Crippen molar-refractivity contribution in [3.05, 3.63) is 64.9 Å². The van der Waals surface area contributed by atoms with E-state index in [1.54, 1.807) is 16.8 Å². The summed E-state index contributed by atoms with van der Waals surface area (Å²) in [4.78, 5) is 0. The maximum atomic E-state index is 14.1. The van der Waals surface area contributed by atoms with Gasteiger partial charge >= 0.3 is 0 Å². The third kappa shape index (κ3) is 1.99. The molecule has 1 aliphatic heterocycles. The molecule has 2 aromatic carbocycles. The van der Waals surface area contributed by atoms with E-state index in [-0.39, 0.29) is 5.82 Å². The lowest BCUT2D eigenvalue weighted by molar-refractivity contribution is 0.630. The predicted octanol–water partition coefficient (Wildman–Crippen LogP) is 4.30. The topological polar surface area (TPSA) is 29.9 Å². The van der Waals surface area contributed by atoms with E-state index in [0.717, 1.165) is 30.0 Å². The van der Waals surface area contributed by atoms with Gasteiger partial charge in [-0.3, -0.25) is 0 Å². The van der Waals surface area contributed by atoms with Gasteiger partial charge in [0, 0.05) is 17.7 Å². The number of fused-ring (bicyclic) bond motifs is 1. The first-order valence-corrected chi connectivity index (χ1v) is 7.49. The predicted molar refractivity (Wildman–Crippen MR) is 86.2 cm³/mol. The zero-order chi connectivity index (χ0) is 15.1. The van der Waals surface area contributed by atoms with Gasteiger partial charge in [0.2, 0.25) is 0 Å². The number of hydrogen-bond donors (Lipinski definition) is 1. The second-order valence-electron chi connectivity index (χ2n) is 5.20. The lowest BCUT2D eigenvalue weighted by Crippen LogP contribution is -2.04. The minimum absolute atomic E-state index is 0.263. The van der Waals surface area contributed by atoms with Gasteiger partial charge in [-0.25, -0.2) is 9.07 Å². The van der Waals surface area contributed by atoms with Crippen LogP contribution in [0.25, 0.3) is 16.9 Å². The van der Waals surface area contributed by atoms with E-state index < -0.39 is 0 Å². The molecule has 3 nitrogen and oxygen atoms in total. The Bertz CT molecular complexity index is 789. The summed E-state index contributed by atoms with van der Waals surface area (Å²) < 4.78 is 15.9. The van der Waals surface area contributed by atoms with Crippen molar-refractivity contribution in [3.63, 3.8) is 0 Å². The van der Waals surface area contributed by atoms with Crippen LogP contribution in [0.5, 0.6) is 0 Å². The number of nitrogens with one attached hydrogen (secondary N) is 1. The maximum Gasteiger partial charge on any atom is 0.133 e. The fourth-order valence-corrected chi connectivity index (χ4v) is 3.06. The van der Waals surface area contributed by atoms with Crippen LogP contribution in [-0.4, -0.2) is 16.3 Å². The van der Waals surface area contributed by atoms with E-state index in [4.69, 9.17) is 11.6 Å². The van der Waals surface area contributed by atoms with Gasteiger partial charge in [-0.1, -0.05) is 35.9 Å². The molecule has 0 radical (unpaired) electrons. The fourth-order valence-electron chi connectivity index (χ4n) is 2.84. The maximum absolute atomic E-state index is 14.1. The minimum Gasteiger partial charge on any atom is -0.369 e. The molecule has 22 heavy (non-hydrogen) atoms. The lowest BCUT2D eigenvalue weighted by Gasteiger charge is -2.08. The Morgan fingerprint density at radius 3 is 2.68 bits per heavy atom. The summed E-state index contributed by atoms with van der Waals surface area (Å²) in [5, 5.41) is 8.56. The molecule has 0 saturated carbocycles. The molecule has 0 bridgehead atoms. The molecular weight excluding hydrogens is 301 g/mol. The number of rotatable bonds is 2. The molecule has 2 heterocycles. The molecule has 1 N–H and O–H groups in total. The number of aromatic nitrogens is 2. The highest BCUT2D eigenvalue weighted by Gasteiger charge is 2.25. The normalized spacial score (nSPS) is 13.0. The summed E-state index contributed by atoms with van der Waals surface area (Å²) in [6.07, 6.45) is 0.823. The molecule has 1 aromatic heterocycles. The van der Waals surface area contributed by atoms with Crippen LogP contribution in [0.3, 0.4) is 0 Å². The van der Waals surface area contributed by atoms with Crippen molar-refractivity contribution in [2.75, 3.05) is 11.9 Å². The standard InChI is InChI=1S/C17H13ClFN3/c18-13-6-2-4-8-15(13)22-17-12(9-10-20-17)16(21-22)11-5-1-3-7-14(11)19/h1-8,20H,9-10H2. The molecule has 4 rings (SSSR count). The Labute approximate surface area is 132 Å². The average molecular weight is 314 g/mol. The molecule has 0 aliphatic carbocycles. The Morgan fingerprint density at radius 2 is 1.86 bits per heavy atom. The van der Waals surface area contributed by atoms with Gasteiger partial charge in [-0.2, -0.15) is 5.10 Å². The van der Waals surface area contributed by atoms with Crippen LogP contribution in [0.4, 0.5) is 10.2 Å². The second-order valence-corrected chi connectivity index (χ2v) is 5.60. The van der Waals surface area contributed by atoms with Crippen molar-refractivity contribution in [3.8, 4) is 16.9 Å². The van der Waals surface area contributed by atoms with Crippen LogP contribution in [0, 0.1) is 5.82 Å². The largest absolute Gasteiger partial charge is 0.369 e. The Hall–Kier alpha value is -2.33. The summed E-state index contributed by atoms with van der Waals surface area (Å²) in [5.41, 5.74) is 3.02. The van der Waals surface area contributed by atoms with E-state index in [9.17, 15) is 4.39 Å². The van der Waals surface area contributed by atoms with Gasteiger partial charge < -0.3 is 5.32 Å². The highest BCUT2D eigenvalue weighted by Crippen LogP contribution is 2.36. The van der Waals surface area contributed by atoms with Crippen LogP contribution in [-0.2, 0) is 6.42 Å². The number of benzene rings is 2. The van der Waals surface area contributed by atoms with Crippen LogP contribution in [0.15, 0.2) is 48.5 Å². The van der Waals surface area contributed by atoms with E-state index in [1.165, 1.54) is 6.07 Å². The molecule has 0 unspecified atom stereocenters. The SMILES string of the molecule is Fc1ccccc1-c1nn(-c2ccccc2Cl)c2c1CCN2. The Morgan fingerprint density at radius 1 is 1.09 bits per heavy atom. The van der Waals surface area contributed by atoms with E-state index in [2.05, 4.69) is 10.4 Å². The summed E-state index contributed by atoms with van der Waals surface area (Å²) in [5.74, 6) is 0.632. The van der Waals surface area contributed by atoms with Crippen molar-refractivity contribution in [1.29, 1.82) is 0 Å². The minimum atomic E-state index is -0.263. The smallest absolute Gasteiger partial charge is 0.133 e. The van der Waals surface area contributed by atoms with Crippen LogP contribution >= 0.6 is 11.6 Å². The van der Waals surface area contributed by atoms with Crippen molar-refractivity contribution in [2.45, 2.75) is 6.42 Å². The molecule has 0 atom stereocenters. The Balaban J connectivity index is 1.95. The van der Waals surface area contributed by atoms with Gasteiger partial charge in [0.05, 0.1) is 10.7 Å². The van der Waals surface area contributed by atoms with E-state index in [1.807, 2.05) is 30.3 Å². The van der Waals surface area contributed by atoms with Crippen molar-refractivity contribution in [1.82, 2.24) is 9.78 Å². The molecular formula is C17H13ClFN3. The summed E-state index contributed by atoms with van der Waals surface area (Å²) >= 11 is 6.28. The number of anilines is 1. The third-order valence-electron chi connectivity index (χ3n) is 3.86. The van der Waals surface area contributed by atoms with Gasteiger partial charge in [0.25, 0.3) is 0 Å². The van der Waals surface area contributed by atoms with Crippen LogP contribution < -0.4 is 5.32 Å². The van der Waals surface area contributed by atoms with Gasteiger partial charge in [-0.05, 0) is 30.7 Å². The molecule has 5 heteroatoms. The molecule has 0 fully saturated rings. The highest BCUT2D eigenvalue weighted by molar-refractivity contribution is 6.32. The summed E-state index contributed by atoms with van der Waals surface area (Å²) in [7, 11) is 0. The molecule has 110 valence electrons. The zero-order valence-corrected chi connectivity index (χ0v) is 12.4. The first-order chi connectivity index (χ1) is 10.8. The first-order valence-electron chi connectivity index (χ1n) is 7.11. The number of halogens is 2. The lowest BCUT2D eigenvalue weighted by atomic mass is 10.1. The quantitative estimate of drug-likeness (QED) is 0.764. The van der Waals surface area contributed by atoms with Crippen molar-refractivity contribution in [2.24, 2.45) is 0 Å². The number of hydrogen-bond acceptors (Lipinski definition) is 2. The van der Waals surface area contributed by atoms with Gasteiger partial charge in [-0.15, -0.1) is 0 Å². The monoisotopic (exact) mass is 313 g/mol. The molecule has 3 aromatic rings. The van der Waals surface area contributed by atoms with Crippen molar-refractivity contribution >= 4 is 17.4 Å². The first kappa shape index (κ1) is 13.3. The number of nitrogens with zero attached hydrogens (tertiary/aromatic N) is 2. The third-order valence-corrected chi connectivity index (χ3v) is 4.18. The van der Waals surface area contributed by atoms with Crippen LogP contribution in [0.1, 0.15) is 5.56 Å².